The van der Waals surface area contributed by atoms with Crippen molar-refractivity contribution in [2.24, 2.45) is 45.9 Å². The standard InChI is InChI=1S/C86H143N33O16/c87-71(126)58(24-15-43-106-79(88)89)117-76(131)62(28-19-47-110-83(96)97)114-68(123)32-7-3-13-41-104-74(129)60(26-17-45-108-81(92)93)119-78(133)64(30-21-49-112-85(100)101)116-70(125)34-8-4-14-42-105-75(130)61(27-18-46-109-82(94)95)118-77(132)63(29-20-48-111-84(98)99)115-69(124)33-6-2-12-40-103-73(128)59(25-16-44-107-80(90)91)113-67(122)31-5-1-11-39-102-72(127)54-22-9-10-23-55(54)86(134)56-37-35-52(120)50-65(56)135-66-51-53(121)36-38-57(66)86/h9-10,22-23,35-38,50-51,58-64,120-121,134H,1-8,11-21,24-34,39-49H2,(H2,87,126)(H,102,127)(H,103,128)(H,104,129)(H,105,130)(H,113,122)(H,114,123)(H,115,124)(H,116,125)(H,117,131)(H,118,132)(H,119,133)(H4,88,89,106)(H4,90,91,107)(H4,92,93,108)(H4,94,95,109)(H4,96,97,110)(H4,98,99,111)(H4,100,101,112)/t58-,59-,60-,61-,62-,63-,64-/m0/s1. The van der Waals surface area contributed by atoms with Crippen LogP contribution < -0.4 is 146 Å². The SMILES string of the molecule is N=C(N)NCCC[C@H](NC(=O)[C@H](CCCNC(=N)N)NC(=O)CCCCCNC(=O)[C@H](CCCNC(=N)N)NC(=O)[C@H](CCCNC(=N)N)NC(=O)CCCCCNC(=O)[C@H](CCCNC(=N)N)NC(=O)[C@H](CCCNC(=N)N)NC(=O)CCCCCNC(=O)[C@H](CCCNC(=N)N)NC(=O)CCCCCNC(=O)c1ccccc1C1(O)c2ccc(O)cc2Oc2cc(O)ccc21)C(N)=O. The van der Waals surface area contributed by atoms with Gasteiger partial charge >= 0.3 is 0 Å². The van der Waals surface area contributed by atoms with Crippen LogP contribution in [0.4, 0.5) is 0 Å². The molecule has 12 amide bonds. The summed E-state index contributed by atoms with van der Waals surface area (Å²) in [6, 6.07) is 7.23. The fourth-order valence-corrected chi connectivity index (χ4v) is 14.5. The van der Waals surface area contributed by atoms with Gasteiger partial charge in [0.1, 0.15) is 70.9 Å². The highest BCUT2D eigenvalue weighted by Gasteiger charge is 2.45. The van der Waals surface area contributed by atoms with Crippen molar-refractivity contribution >= 4 is 113 Å². The molecule has 49 nitrogen and oxygen atoms in total. The van der Waals surface area contributed by atoms with Crippen molar-refractivity contribution in [1.82, 2.24) is 95.7 Å². The van der Waals surface area contributed by atoms with Crippen LogP contribution in [0.15, 0.2) is 60.7 Å². The van der Waals surface area contributed by atoms with Gasteiger partial charge in [-0.25, -0.2) is 0 Å². The number of primary amides is 1. The molecule has 0 saturated carbocycles. The number of ether oxygens (including phenoxy) is 1. The van der Waals surface area contributed by atoms with E-state index in [1.54, 1.807) is 24.3 Å². The number of rotatable bonds is 68. The summed E-state index contributed by atoms with van der Waals surface area (Å²) in [4.78, 5) is 163. The zero-order chi connectivity index (χ0) is 99.6. The number of carbonyl (C=O) groups is 12. The fraction of sp³-hybridized carbons (Fsp3) is 0.570. The smallest absolute Gasteiger partial charge is 0.251 e. The molecule has 49 heteroatoms. The Kier molecular flexibility index (Phi) is 52.5. The Labute approximate surface area is 784 Å². The normalized spacial score (nSPS) is 13.0. The summed E-state index contributed by atoms with van der Waals surface area (Å²) in [5, 5.41) is 135. The Morgan fingerprint density at radius 1 is 0.281 bits per heavy atom. The van der Waals surface area contributed by atoms with Gasteiger partial charge in [0, 0.05) is 132 Å². The van der Waals surface area contributed by atoms with E-state index in [-0.39, 0.29) is 255 Å². The van der Waals surface area contributed by atoms with E-state index in [2.05, 4.69) is 95.7 Å². The molecule has 4 rings (SSSR count). The molecule has 3 aromatic rings. The van der Waals surface area contributed by atoms with E-state index in [0.29, 0.717) is 96.3 Å². The summed E-state index contributed by atoms with van der Waals surface area (Å²) in [6.07, 6.45) is 7.50. The molecule has 0 unspecified atom stereocenters. The number of amides is 12. The molecule has 0 bridgehead atoms. The molecule has 0 aromatic heterocycles. The van der Waals surface area contributed by atoms with Crippen LogP contribution in [0.2, 0.25) is 0 Å². The number of nitrogens with two attached hydrogens (primary N) is 8. The van der Waals surface area contributed by atoms with Crippen LogP contribution >= 0.6 is 0 Å². The van der Waals surface area contributed by atoms with Gasteiger partial charge in [-0.1, -0.05) is 43.9 Å². The second-order valence-electron chi connectivity index (χ2n) is 32.5. The lowest BCUT2D eigenvalue weighted by molar-refractivity contribution is -0.132. The minimum Gasteiger partial charge on any atom is -0.508 e. The number of guanidine groups is 7. The maximum Gasteiger partial charge on any atom is 0.251 e. The molecule has 1 aliphatic rings. The highest BCUT2D eigenvalue weighted by atomic mass is 16.5. The highest BCUT2D eigenvalue weighted by molar-refractivity contribution is 5.98. The van der Waals surface area contributed by atoms with Crippen LogP contribution in [-0.4, -0.2) is 242 Å². The summed E-state index contributed by atoms with van der Waals surface area (Å²) in [5.41, 5.74) is 42.8. The monoisotopic (exact) mass is 1890 g/mol. The predicted molar refractivity (Wildman–Crippen MR) is 507 cm³/mol. The molecular formula is C86H143N33O16. The first kappa shape index (κ1) is 113. The van der Waals surface area contributed by atoms with Crippen molar-refractivity contribution in [2.75, 3.05) is 72.0 Å². The first-order chi connectivity index (χ1) is 64.4. The number of aromatic hydroxyl groups is 2. The number of fused-ring (bicyclic) bond motifs is 2. The quantitative estimate of drug-likeness (QED) is 0.0148. The van der Waals surface area contributed by atoms with Crippen molar-refractivity contribution in [3.63, 3.8) is 0 Å². The second kappa shape index (κ2) is 62.8. The summed E-state index contributed by atoms with van der Waals surface area (Å²) in [6.45, 7) is 2.01. The maximum absolute atomic E-state index is 14.2. The van der Waals surface area contributed by atoms with Crippen molar-refractivity contribution in [3.05, 3.63) is 82.9 Å². The Hall–Kier alpha value is -14.5. The minimum absolute atomic E-state index is 0.0166. The third kappa shape index (κ3) is 46.0. The molecule has 1 heterocycles. The maximum atomic E-state index is 14.2. The molecular weight excluding hydrogens is 1750 g/mol. The van der Waals surface area contributed by atoms with Crippen LogP contribution in [0.25, 0.3) is 0 Å². The summed E-state index contributed by atoms with van der Waals surface area (Å²) >= 11 is 0. The van der Waals surface area contributed by atoms with Crippen LogP contribution in [0.1, 0.15) is 220 Å². The fourth-order valence-electron chi connectivity index (χ4n) is 14.5. The molecule has 748 valence electrons. The molecule has 44 N–H and O–H groups in total. The number of phenolic OH excluding ortho intramolecular Hbond substituents is 2. The lowest BCUT2D eigenvalue weighted by atomic mass is 9.76. The van der Waals surface area contributed by atoms with Gasteiger partial charge in [0.25, 0.3) is 5.91 Å². The molecule has 135 heavy (non-hydrogen) atoms. The van der Waals surface area contributed by atoms with E-state index in [1.165, 1.54) is 36.4 Å². The van der Waals surface area contributed by atoms with Gasteiger partial charge in [-0.15, -0.1) is 0 Å². The molecule has 1 aliphatic heterocycles. The Bertz CT molecular complexity index is 4400. The first-order valence-corrected chi connectivity index (χ1v) is 45.6. The van der Waals surface area contributed by atoms with Gasteiger partial charge < -0.3 is 162 Å². The number of benzene rings is 3. The van der Waals surface area contributed by atoms with Gasteiger partial charge in [-0.2, -0.15) is 0 Å². The first-order valence-electron chi connectivity index (χ1n) is 45.6. The van der Waals surface area contributed by atoms with E-state index in [9.17, 15) is 72.9 Å². The lowest BCUT2D eigenvalue weighted by Gasteiger charge is -2.37. The Balaban J connectivity index is 1.28. The van der Waals surface area contributed by atoms with Gasteiger partial charge in [0.15, 0.2) is 41.7 Å². The second-order valence-corrected chi connectivity index (χ2v) is 32.5. The number of hydrogen-bond donors (Lipinski definition) is 36. The summed E-state index contributed by atoms with van der Waals surface area (Å²) < 4.78 is 5.97. The van der Waals surface area contributed by atoms with Gasteiger partial charge in [0.2, 0.25) is 65.0 Å². The van der Waals surface area contributed by atoms with Gasteiger partial charge in [-0.05, 0) is 172 Å². The number of aliphatic hydroxyl groups is 1. The zero-order valence-electron chi connectivity index (χ0n) is 76.6. The van der Waals surface area contributed by atoms with Crippen molar-refractivity contribution < 1.29 is 77.6 Å². The molecule has 3 aromatic carbocycles. The van der Waals surface area contributed by atoms with E-state index in [0.717, 1.165) is 0 Å². The molecule has 0 spiro atoms. The lowest BCUT2D eigenvalue weighted by Crippen LogP contribution is -2.54. The number of carbonyl (C=O) groups excluding carboxylic acids is 12. The number of unbranched alkanes of at least 4 members (excludes halogenated alkanes) is 8. The number of hydrogen-bond acceptors (Lipinski definition) is 23. The van der Waals surface area contributed by atoms with E-state index in [1.807, 2.05) is 0 Å². The topological polar surface area (TPSA) is 866 Å². The molecule has 0 fully saturated rings. The minimum atomic E-state index is -1.93. The molecule has 0 radical (unpaired) electrons. The molecule has 0 aliphatic carbocycles. The Morgan fingerprint density at radius 2 is 0.526 bits per heavy atom. The summed E-state index contributed by atoms with van der Waals surface area (Å²) in [7, 11) is 0. The van der Waals surface area contributed by atoms with Crippen LogP contribution in [-0.2, 0) is 58.3 Å². The largest absolute Gasteiger partial charge is 0.508 e. The van der Waals surface area contributed by atoms with E-state index >= 15 is 0 Å². The number of nitrogens with one attached hydrogen (secondary N) is 25. The average Bonchev–Trinajstić information content (AvgIpc) is 0.719. The van der Waals surface area contributed by atoms with Gasteiger partial charge in [0.05, 0.1) is 0 Å². The molecule has 0 saturated heterocycles. The van der Waals surface area contributed by atoms with Crippen molar-refractivity contribution in [3.8, 4) is 23.0 Å². The van der Waals surface area contributed by atoms with Crippen LogP contribution in [0.3, 0.4) is 0 Å². The summed E-state index contributed by atoms with van der Waals surface area (Å²) in [5.74, 6) is -8.87. The van der Waals surface area contributed by atoms with E-state index in [4.69, 9.17) is 88.5 Å². The average molecular weight is 1900 g/mol. The van der Waals surface area contributed by atoms with Crippen LogP contribution in [0.5, 0.6) is 23.0 Å². The van der Waals surface area contributed by atoms with Crippen molar-refractivity contribution in [2.45, 2.75) is 241 Å². The third-order valence-corrected chi connectivity index (χ3v) is 21.4. The number of phenols is 2. The third-order valence-electron chi connectivity index (χ3n) is 21.4. The van der Waals surface area contributed by atoms with Gasteiger partial charge in [-0.3, -0.25) is 95.4 Å². The Morgan fingerprint density at radius 3 is 0.807 bits per heavy atom. The predicted octanol–water partition coefficient (Wildman–Crippen LogP) is -3.47. The zero-order valence-corrected chi connectivity index (χ0v) is 76.6. The molecule has 7 atom stereocenters. The van der Waals surface area contributed by atoms with E-state index < -0.39 is 119 Å². The van der Waals surface area contributed by atoms with Crippen molar-refractivity contribution in [1.29, 1.82) is 37.9 Å². The van der Waals surface area contributed by atoms with Crippen LogP contribution in [0, 0.1) is 37.9 Å². The highest BCUT2D eigenvalue weighted by Crippen LogP contribution is 2.52.